The summed E-state index contributed by atoms with van der Waals surface area (Å²) in [5.74, 6) is -0.305. The van der Waals surface area contributed by atoms with Crippen LogP contribution < -0.4 is 0 Å². The van der Waals surface area contributed by atoms with E-state index in [0.717, 1.165) is 24.8 Å². The first-order chi connectivity index (χ1) is 8.65. The van der Waals surface area contributed by atoms with E-state index in [1.165, 1.54) is 0 Å². The van der Waals surface area contributed by atoms with Gasteiger partial charge in [-0.15, -0.1) is 0 Å². The number of benzene rings is 1. The molecule has 3 nitrogen and oxygen atoms in total. The number of halogens is 2. The van der Waals surface area contributed by atoms with Crippen molar-refractivity contribution in [3.63, 3.8) is 0 Å². The molecule has 1 aromatic carbocycles. The molecule has 98 valence electrons. The molecule has 1 heterocycles. The lowest BCUT2D eigenvalue weighted by Crippen LogP contribution is -2.26. The van der Waals surface area contributed by atoms with Gasteiger partial charge < -0.3 is 9.47 Å². The van der Waals surface area contributed by atoms with E-state index in [0.29, 0.717) is 16.7 Å². The van der Waals surface area contributed by atoms with Gasteiger partial charge in [-0.3, -0.25) is 4.79 Å². The van der Waals surface area contributed by atoms with Gasteiger partial charge in [0.25, 0.3) is 0 Å². The topological polar surface area (TPSA) is 35.5 Å². The molecule has 1 unspecified atom stereocenters. The fourth-order valence-corrected chi connectivity index (χ4v) is 2.13. The summed E-state index contributed by atoms with van der Waals surface area (Å²) < 4.78 is 10.6. The third-order valence-electron chi connectivity index (χ3n) is 2.73. The smallest absolute Gasteiger partial charge is 0.312 e. The standard InChI is InChI=1S/C13H14Cl2O3/c14-10-5-4-9(7-11(10)15)8-12(16)18-13-3-1-2-6-17-13/h4-5,7,13H,1-3,6,8H2. The molecule has 0 aliphatic carbocycles. The SMILES string of the molecule is O=C(Cc1ccc(Cl)c(Cl)c1)OC1CCCCO1. The van der Waals surface area contributed by atoms with E-state index in [1.54, 1.807) is 18.2 Å². The molecule has 0 aromatic heterocycles. The van der Waals surface area contributed by atoms with Crippen molar-refractivity contribution in [1.82, 2.24) is 0 Å². The first-order valence-corrected chi connectivity index (χ1v) is 6.66. The molecule has 2 rings (SSSR count). The van der Waals surface area contributed by atoms with Crippen LogP contribution in [0.1, 0.15) is 24.8 Å². The van der Waals surface area contributed by atoms with Crippen LogP contribution in [-0.4, -0.2) is 18.9 Å². The minimum Gasteiger partial charge on any atom is -0.436 e. The van der Waals surface area contributed by atoms with Gasteiger partial charge in [-0.2, -0.15) is 0 Å². The first kappa shape index (κ1) is 13.7. The number of hydrogen-bond donors (Lipinski definition) is 0. The van der Waals surface area contributed by atoms with Gasteiger partial charge >= 0.3 is 5.97 Å². The molecule has 1 aliphatic heterocycles. The van der Waals surface area contributed by atoms with Crippen molar-refractivity contribution in [3.8, 4) is 0 Å². The largest absolute Gasteiger partial charge is 0.436 e. The highest BCUT2D eigenvalue weighted by Crippen LogP contribution is 2.23. The van der Waals surface area contributed by atoms with E-state index < -0.39 is 6.29 Å². The van der Waals surface area contributed by atoms with Crippen molar-refractivity contribution >= 4 is 29.2 Å². The van der Waals surface area contributed by atoms with Crippen LogP contribution in [0.2, 0.25) is 10.0 Å². The van der Waals surface area contributed by atoms with Crippen molar-refractivity contribution in [3.05, 3.63) is 33.8 Å². The fraction of sp³-hybridized carbons (Fsp3) is 0.462. The Morgan fingerprint density at radius 3 is 2.83 bits per heavy atom. The molecule has 0 bridgehead atoms. The van der Waals surface area contributed by atoms with Crippen LogP contribution in [0.5, 0.6) is 0 Å². The van der Waals surface area contributed by atoms with E-state index in [-0.39, 0.29) is 12.4 Å². The van der Waals surface area contributed by atoms with Crippen molar-refractivity contribution in [2.24, 2.45) is 0 Å². The summed E-state index contributed by atoms with van der Waals surface area (Å²) in [4.78, 5) is 11.7. The molecular formula is C13H14Cl2O3. The predicted octanol–water partition coefficient (Wildman–Crippen LogP) is 3.61. The van der Waals surface area contributed by atoms with Gasteiger partial charge in [-0.1, -0.05) is 29.3 Å². The van der Waals surface area contributed by atoms with Crippen molar-refractivity contribution in [2.75, 3.05) is 6.61 Å². The number of carbonyl (C=O) groups excluding carboxylic acids is 1. The van der Waals surface area contributed by atoms with Gasteiger partial charge in [-0.25, -0.2) is 0 Å². The number of ether oxygens (including phenoxy) is 2. The van der Waals surface area contributed by atoms with Crippen LogP contribution in [-0.2, 0) is 20.7 Å². The van der Waals surface area contributed by atoms with Crippen LogP contribution in [0.25, 0.3) is 0 Å². The monoisotopic (exact) mass is 288 g/mol. The average molecular weight is 289 g/mol. The molecule has 0 saturated carbocycles. The van der Waals surface area contributed by atoms with Gasteiger partial charge in [0.1, 0.15) is 0 Å². The van der Waals surface area contributed by atoms with Gasteiger partial charge in [0.05, 0.1) is 23.1 Å². The maximum atomic E-state index is 11.7. The Morgan fingerprint density at radius 2 is 2.17 bits per heavy atom. The van der Waals surface area contributed by atoms with Crippen LogP contribution in [0.3, 0.4) is 0 Å². The number of esters is 1. The van der Waals surface area contributed by atoms with Crippen LogP contribution in [0.15, 0.2) is 18.2 Å². The number of hydrogen-bond acceptors (Lipinski definition) is 3. The maximum Gasteiger partial charge on any atom is 0.312 e. The Hall–Kier alpha value is -0.770. The second-order valence-electron chi connectivity index (χ2n) is 4.21. The van der Waals surface area contributed by atoms with E-state index in [1.807, 2.05) is 0 Å². The van der Waals surface area contributed by atoms with Crippen molar-refractivity contribution in [1.29, 1.82) is 0 Å². The maximum absolute atomic E-state index is 11.7. The lowest BCUT2D eigenvalue weighted by atomic mass is 10.1. The predicted molar refractivity (Wildman–Crippen MR) is 69.8 cm³/mol. The number of carbonyl (C=O) groups is 1. The third kappa shape index (κ3) is 3.87. The molecule has 1 atom stereocenters. The molecule has 18 heavy (non-hydrogen) atoms. The summed E-state index contributed by atoms with van der Waals surface area (Å²) in [6.45, 7) is 0.657. The van der Waals surface area contributed by atoms with Gasteiger partial charge in [0.15, 0.2) is 0 Å². The lowest BCUT2D eigenvalue weighted by molar-refractivity contribution is -0.185. The molecular weight excluding hydrogens is 275 g/mol. The van der Waals surface area contributed by atoms with Crippen molar-refractivity contribution in [2.45, 2.75) is 32.0 Å². The Balaban J connectivity index is 1.88. The molecule has 0 N–H and O–H groups in total. The Bertz CT molecular complexity index is 428. The molecule has 0 radical (unpaired) electrons. The first-order valence-electron chi connectivity index (χ1n) is 5.90. The van der Waals surface area contributed by atoms with Gasteiger partial charge in [0, 0.05) is 6.42 Å². The summed E-state index contributed by atoms with van der Waals surface area (Å²) in [6, 6.07) is 5.10. The molecule has 1 saturated heterocycles. The summed E-state index contributed by atoms with van der Waals surface area (Å²) >= 11 is 11.7. The van der Waals surface area contributed by atoms with Crippen LogP contribution in [0.4, 0.5) is 0 Å². The minimum atomic E-state index is -0.394. The van der Waals surface area contributed by atoms with Crippen molar-refractivity contribution < 1.29 is 14.3 Å². The zero-order valence-electron chi connectivity index (χ0n) is 9.83. The molecule has 1 fully saturated rings. The van der Waals surface area contributed by atoms with E-state index in [2.05, 4.69) is 0 Å². The van der Waals surface area contributed by atoms with Gasteiger partial charge in [-0.05, 0) is 30.5 Å². The second-order valence-corrected chi connectivity index (χ2v) is 5.03. The molecule has 5 heteroatoms. The zero-order valence-corrected chi connectivity index (χ0v) is 11.3. The van der Waals surface area contributed by atoms with E-state index >= 15 is 0 Å². The van der Waals surface area contributed by atoms with Gasteiger partial charge in [0.2, 0.25) is 6.29 Å². The Labute approximate surface area is 116 Å². The minimum absolute atomic E-state index is 0.177. The van der Waals surface area contributed by atoms with E-state index in [9.17, 15) is 4.79 Å². The highest BCUT2D eigenvalue weighted by atomic mass is 35.5. The summed E-state index contributed by atoms with van der Waals surface area (Å²) in [7, 11) is 0. The highest BCUT2D eigenvalue weighted by Gasteiger charge is 2.18. The normalized spacial score (nSPS) is 19.6. The summed E-state index contributed by atoms with van der Waals surface area (Å²) in [6.07, 6.45) is 2.61. The Kier molecular flexibility index (Phi) is 4.87. The van der Waals surface area contributed by atoms with Crippen LogP contribution in [0, 0.1) is 0 Å². The van der Waals surface area contributed by atoms with E-state index in [4.69, 9.17) is 32.7 Å². The summed E-state index contributed by atoms with van der Waals surface area (Å²) in [5.41, 5.74) is 0.783. The molecule has 1 aliphatic rings. The number of rotatable bonds is 3. The molecule has 0 spiro atoms. The highest BCUT2D eigenvalue weighted by molar-refractivity contribution is 6.42. The third-order valence-corrected chi connectivity index (χ3v) is 3.47. The molecule has 1 aromatic rings. The zero-order chi connectivity index (χ0) is 13.0. The average Bonchev–Trinajstić information content (AvgIpc) is 2.35. The quantitative estimate of drug-likeness (QED) is 0.797. The fourth-order valence-electron chi connectivity index (χ4n) is 1.81. The Morgan fingerprint density at radius 1 is 1.33 bits per heavy atom. The van der Waals surface area contributed by atoms with Crippen LogP contribution >= 0.6 is 23.2 Å². The lowest BCUT2D eigenvalue weighted by Gasteiger charge is -2.22. The molecule has 0 amide bonds. The second kappa shape index (κ2) is 6.41. The summed E-state index contributed by atoms with van der Waals surface area (Å²) in [5, 5.41) is 0.917.